The zero-order chi connectivity index (χ0) is 13.7. The number of nitrogens with zero attached hydrogens (tertiary/aromatic N) is 2. The van der Waals surface area contributed by atoms with E-state index in [1.807, 2.05) is 11.6 Å². The molecule has 4 heteroatoms. The Morgan fingerprint density at radius 2 is 2.00 bits per heavy atom. The van der Waals surface area contributed by atoms with Crippen LogP contribution < -0.4 is 5.32 Å². The molecule has 1 atom stereocenters. The number of nitrogens with one attached hydrogen (secondary N) is 1. The van der Waals surface area contributed by atoms with E-state index in [4.69, 9.17) is 11.6 Å². The first kappa shape index (κ1) is 15.5. The van der Waals surface area contributed by atoms with Crippen molar-refractivity contribution in [3.8, 4) is 0 Å². The van der Waals surface area contributed by atoms with Gasteiger partial charge in [-0.1, -0.05) is 38.8 Å². The summed E-state index contributed by atoms with van der Waals surface area (Å²) in [6, 6.07) is 0.535. The number of aromatic nitrogens is 2. The fraction of sp³-hybridized carbons (Fsp3) is 0.786. The number of hydrogen-bond donors (Lipinski definition) is 1. The van der Waals surface area contributed by atoms with E-state index in [-0.39, 0.29) is 0 Å². The molecule has 0 saturated heterocycles. The highest BCUT2D eigenvalue weighted by Gasteiger charge is 2.17. The van der Waals surface area contributed by atoms with Crippen LogP contribution in [0.1, 0.15) is 45.5 Å². The molecule has 0 saturated carbocycles. The van der Waals surface area contributed by atoms with Crippen molar-refractivity contribution in [3.05, 3.63) is 16.4 Å². The molecule has 1 aromatic heterocycles. The van der Waals surface area contributed by atoms with Crippen LogP contribution in [0.25, 0.3) is 0 Å². The number of rotatable bonds is 7. The fourth-order valence-electron chi connectivity index (χ4n) is 2.10. The predicted octanol–water partition coefficient (Wildman–Crippen LogP) is 3.43. The first-order chi connectivity index (χ1) is 8.49. The summed E-state index contributed by atoms with van der Waals surface area (Å²) in [7, 11) is 0. The van der Waals surface area contributed by atoms with Crippen molar-refractivity contribution in [2.24, 2.45) is 5.92 Å². The lowest BCUT2D eigenvalue weighted by atomic mass is 9.99. The van der Waals surface area contributed by atoms with Crippen molar-refractivity contribution in [1.29, 1.82) is 0 Å². The number of aryl methyl sites for hydroxylation is 2. The highest BCUT2D eigenvalue weighted by Crippen LogP contribution is 2.24. The van der Waals surface area contributed by atoms with E-state index in [1.165, 1.54) is 5.69 Å². The molecular formula is C14H26ClN3. The Bertz CT molecular complexity index is 371. The van der Waals surface area contributed by atoms with Gasteiger partial charge in [0.05, 0.1) is 16.4 Å². The molecule has 1 rings (SSSR count). The Hall–Kier alpha value is -0.540. The summed E-state index contributed by atoms with van der Waals surface area (Å²) in [6.07, 6.45) is 2.16. The Morgan fingerprint density at radius 3 is 2.50 bits per heavy atom. The van der Waals surface area contributed by atoms with Gasteiger partial charge in [-0.15, -0.1) is 0 Å². The minimum atomic E-state index is 0.535. The molecule has 0 aliphatic carbocycles. The lowest BCUT2D eigenvalue weighted by Crippen LogP contribution is -2.30. The molecule has 1 aromatic rings. The van der Waals surface area contributed by atoms with Crippen molar-refractivity contribution in [3.63, 3.8) is 0 Å². The maximum Gasteiger partial charge on any atom is 0.0847 e. The average Bonchev–Trinajstić information content (AvgIpc) is 2.61. The topological polar surface area (TPSA) is 29.9 Å². The Balaban J connectivity index is 2.74. The minimum Gasteiger partial charge on any atom is -0.314 e. The standard InChI is InChI=1S/C14H26ClN3/c1-6-12(9-16-10(3)4)8-13-14(15)11(5)17-18(13)7-2/h10,12,16H,6-9H2,1-5H3. The third-order valence-electron chi connectivity index (χ3n) is 3.33. The molecule has 0 radical (unpaired) electrons. The molecule has 104 valence electrons. The summed E-state index contributed by atoms with van der Waals surface area (Å²) in [6.45, 7) is 12.6. The Kier molecular flexibility index (Phi) is 6.16. The van der Waals surface area contributed by atoms with Crippen LogP contribution in [0.15, 0.2) is 0 Å². The van der Waals surface area contributed by atoms with Gasteiger partial charge in [0.2, 0.25) is 0 Å². The molecule has 0 aromatic carbocycles. The number of hydrogen-bond acceptors (Lipinski definition) is 2. The highest BCUT2D eigenvalue weighted by atomic mass is 35.5. The summed E-state index contributed by atoms with van der Waals surface area (Å²) in [4.78, 5) is 0. The lowest BCUT2D eigenvalue weighted by molar-refractivity contribution is 0.423. The largest absolute Gasteiger partial charge is 0.314 e. The van der Waals surface area contributed by atoms with Crippen molar-refractivity contribution in [2.45, 2.75) is 60.0 Å². The van der Waals surface area contributed by atoms with E-state index < -0.39 is 0 Å². The van der Waals surface area contributed by atoms with Gasteiger partial charge in [0, 0.05) is 12.6 Å². The summed E-state index contributed by atoms with van der Waals surface area (Å²) in [5.74, 6) is 0.617. The van der Waals surface area contributed by atoms with E-state index in [0.717, 1.165) is 36.6 Å². The van der Waals surface area contributed by atoms with Gasteiger partial charge in [-0.3, -0.25) is 4.68 Å². The van der Waals surface area contributed by atoms with E-state index in [2.05, 4.69) is 38.1 Å². The monoisotopic (exact) mass is 271 g/mol. The Morgan fingerprint density at radius 1 is 1.33 bits per heavy atom. The molecule has 0 fully saturated rings. The van der Waals surface area contributed by atoms with Crippen LogP contribution >= 0.6 is 11.6 Å². The normalized spacial score (nSPS) is 13.3. The van der Waals surface area contributed by atoms with Gasteiger partial charge >= 0.3 is 0 Å². The molecule has 0 amide bonds. The maximum atomic E-state index is 6.35. The van der Waals surface area contributed by atoms with Gasteiger partial charge in [0.1, 0.15) is 0 Å². The minimum absolute atomic E-state index is 0.535. The summed E-state index contributed by atoms with van der Waals surface area (Å²) < 4.78 is 2.04. The summed E-state index contributed by atoms with van der Waals surface area (Å²) >= 11 is 6.35. The van der Waals surface area contributed by atoms with Crippen molar-refractivity contribution in [2.75, 3.05) is 6.54 Å². The number of halogens is 1. The summed E-state index contributed by atoms with van der Waals surface area (Å²) in [5, 5.41) is 8.83. The van der Waals surface area contributed by atoms with Gasteiger partial charge in [-0.05, 0) is 32.7 Å². The van der Waals surface area contributed by atoms with E-state index in [1.54, 1.807) is 0 Å². The van der Waals surface area contributed by atoms with Crippen LogP contribution in [0.4, 0.5) is 0 Å². The van der Waals surface area contributed by atoms with Crippen LogP contribution in [-0.4, -0.2) is 22.4 Å². The molecule has 0 aliphatic heterocycles. The van der Waals surface area contributed by atoms with Gasteiger partial charge in [-0.25, -0.2) is 0 Å². The molecule has 0 spiro atoms. The maximum absolute atomic E-state index is 6.35. The molecule has 0 bridgehead atoms. The van der Waals surface area contributed by atoms with Gasteiger partial charge in [0.15, 0.2) is 0 Å². The lowest BCUT2D eigenvalue weighted by Gasteiger charge is -2.18. The second-order valence-electron chi connectivity index (χ2n) is 5.20. The molecule has 3 nitrogen and oxygen atoms in total. The highest BCUT2D eigenvalue weighted by molar-refractivity contribution is 6.31. The average molecular weight is 272 g/mol. The van der Waals surface area contributed by atoms with E-state index >= 15 is 0 Å². The smallest absolute Gasteiger partial charge is 0.0847 e. The molecule has 1 unspecified atom stereocenters. The van der Waals surface area contributed by atoms with Crippen LogP contribution in [0, 0.1) is 12.8 Å². The quantitative estimate of drug-likeness (QED) is 0.823. The van der Waals surface area contributed by atoms with Crippen molar-refractivity contribution < 1.29 is 0 Å². The zero-order valence-corrected chi connectivity index (χ0v) is 13.0. The second-order valence-corrected chi connectivity index (χ2v) is 5.58. The van der Waals surface area contributed by atoms with Gasteiger partial charge in [-0.2, -0.15) is 5.10 Å². The van der Waals surface area contributed by atoms with Crippen LogP contribution in [0.5, 0.6) is 0 Å². The molecule has 0 aliphatic rings. The first-order valence-corrected chi connectivity index (χ1v) is 7.32. The summed E-state index contributed by atoms with van der Waals surface area (Å²) in [5.41, 5.74) is 2.13. The van der Waals surface area contributed by atoms with E-state index in [9.17, 15) is 0 Å². The van der Waals surface area contributed by atoms with E-state index in [0.29, 0.717) is 12.0 Å². The molecule has 1 N–H and O–H groups in total. The molecule has 18 heavy (non-hydrogen) atoms. The third kappa shape index (κ3) is 3.99. The van der Waals surface area contributed by atoms with Crippen molar-refractivity contribution in [1.82, 2.24) is 15.1 Å². The van der Waals surface area contributed by atoms with Crippen LogP contribution in [0.2, 0.25) is 5.02 Å². The van der Waals surface area contributed by atoms with Crippen molar-refractivity contribution >= 4 is 11.6 Å². The fourth-order valence-corrected chi connectivity index (χ4v) is 2.31. The van der Waals surface area contributed by atoms with Gasteiger partial charge in [0.25, 0.3) is 0 Å². The van der Waals surface area contributed by atoms with Crippen LogP contribution in [-0.2, 0) is 13.0 Å². The SMILES string of the molecule is CCC(CNC(C)C)Cc1c(Cl)c(C)nn1CC. The first-order valence-electron chi connectivity index (χ1n) is 6.94. The molecule has 1 heterocycles. The Labute approximate surface area is 116 Å². The predicted molar refractivity (Wildman–Crippen MR) is 78.3 cm³/mol. The van der Waals surface area contributed by atoms with Gasteiger partial charge < -0.3 is 5.32 Å². The second kappa shape index (κ2) is 7.15. The zero-order valence-electron chi connectivity index (χ0n) is 12.3. The van der Waals surface area contributed by atoms with Crippen LogP contribution in [0.3, 0.4) is 0 Å². The molecular weight excluding hydrogens is 246 g/mol. The third-order valence-corrected chi connectivity index (χ3v) is 3.82.